The average Bonchev–Trinajstić information content (AvgIpc) is 2.79. The van der Waals surface area contributed by atoms with E-state index in [1.807, 2.05) is 0 Å². The molecule has 0 amide bonds. The number of aryl methyl sites for hydroxylation is 2. The Hall–Kier alpha value is -0.710. The summed E-state index contributed by atoms with van der Waals surface area (Å²) in [7, 11) is 0. The SMILES string of the molecule is NCc1nc(Br)c(-c2ccc3c(c2)CCCC3)s1. The molecule has 3 rings (SSSR count). The first-order valence-corrected chi connectivity index (χ1v) is 7.86. The van der Waals surface area contributed by atoms with Crippen LogP contribution in [-0.4, -0.2) is 4.98 Å². The molecule has 1 aromatic heterocycles. The molecule has 2 aromatic rings. The molecule has 4 heteroatoms. The van der Waals surface area contributed by atoms with Crippen molar-refractivity contribution in [1.82, 2.24) is 4.98 Å². The Balaban J connectivity index is 2.03. The van der Waals surface area contributed by atoms with Crippen molar-refractivity contribution in [2.24, 2.45) is 5.73 Å². The third kappa shape index (κ3) is 2.25. The average molecular weight is 323 g/mol. The quantitative estimate of drug-likeness (QED) is 0.910. The molecule has 0 atom stereocenters. The first-order valence-electron chi connectivity index (χ1n) is 6.25. The molecule has 0 radical (unpaired) electrons. The van der Waals surface area contributed by atoms with Gasteiger partial charge < -0.3 is 5.73 Å². The number of rotatable bonds is 2. The zero-order chi connectivity index (χ0) is 12.5. The van der Waals surface area contributed by atoms with E-state index in [-0.39, 0.29) is 0 Å². The lowest BCUT2D eigenvalue weighted by Gasteiger charge is -2.16. The summed E-state index contributed by atoms with van der Waals surface area (Å²) in [4.78, 5) is 5.63. The minimum Gasteiger partial charge on any atom is -0.325 e. The van der Waals surface area contributed by atoms with Gasteiger partial charge in [0.1, 0.15) is 9.61 Å². The summed E-state index contributed by atoms with van der Waals surface area (Å²) in [6.07, 6.45) is 5.08. The van der Waals surface area contributed by atoms with Crippen molar-refractivity contribution in [1.29, 1.82) is 0 Å². The fourth-order valence-electron chi connectivity index (χ4n) is 2.48. The minimum absolute atomic E-state index is 0.508. The van der Waals surface area contributed by atoms with Gasteiger partial charge in [-0.05, 0) is 64.4 Å². The fraction of sp³-hybridized carbons (Fsp3) is 0.357. The standard InChI is InChI=1S/C14H15BrN2S/c15-14-13(18-12(8-16)17-14)11-6-5-9-3-1-2-4-10(9)7-11/h5-7H,1-4,8,16H2. The molecular formula is C14H15BrN2S. The van der Waals surface area contributed by atoms with Gasteiger partial charge in [0.05, 0.1) is 4.88 Å². The van der Waals surface area contributed by atoms with E-state index in [0.717, 1.165) is 9.61 Å². The second-order valence-electron chi connectivity index (χ2n) is 4.62. The number of benzene rings is 1. The molecule has 0 saturated carbocycles. The molecule has 0 spiro atoms. The van der Waals surface area contributed by atoms with Gasteiger partial charge in [-0.15, -0.1) is 11.3 Å². The first kappa shape index (κ1) is 12.3. The van der Waals surface area contributed by atoms with Crippen molar-refractivity contribution in [3.63, 3.8) is 0 Å². The van der Waals surface area contributed by atoms with Crippen LogP contribution in [0.3, 0.4) is 0 Å². The molecule has 1 aliphatic rings. The smallest absolute Gasteiger partial charge is 0.125 e. The van der Waals surface area contributed by atoms with Gasteiger partial charge in [0.2, 0.25) is 0 Å². The number of thiazole rings is 1. The Kier molecular flexibility index (Phi) is 3.50. The Morgan fingerprint density at radius 1 is 1.22 bits per heavy atom. The van der Waals surface area contributed by atoms with E-state index in [0.29, 0.717) is 6.54 Å². The summed E-state index contributed by atoms with van der Waals surface area (Å²) in [5, 5.41) is 0.981. The number of hydrogen-bond acceptors (Lipinski definition) is 3. The van der Waals surface area contributed by atoms with Crippen LogP contribution in [0.2, 0.25) is 0 Å². The highest BCUT2D eigenvalue weighted by Gasteiger charge is 2.14. The first-order chi connectivity index (χ1) is 8.78. The molecule has 94 valence electrons. The van der Waals surface area contributed by atoms with Crippen LogP contribution in [0.1, 0.15) is 29.0 Å². The predicted octanol–water partition coefficient (Wildman–Crippen LogP) is 3.91. The summed E-state index contributed by atoms with van der Waals surface area (Å²) in [5.41, 5.74) is 9.94. The van der Waals surface area contributed by atoms with E-state index in [1.165, 1.54) is 47.3 Å². The molecule has 0 bridgehead atoms. The second-order valence-corrected chi connectivity index (χ2v) is 6.46. The van der Waals surface area contributed by atoms with E-state index in [4.69, 9.17) is 5.73 Å². The van der Waals surface area contributed by atoms with Crippen LogP contribution in [0.25, 0.3) is 10.4 Å². The Bertz CT molecular complexity index is 577. The summed E-state index contributed by atoms with van der Waals surface area (Å²) < 4.78 is 0.920. The number of nitrogens with two attached hydrogens (primary N) is 1. The molecule has 2 nitrogen and oxygen atoms in total. The van der Waals surface area contributed by atoms with E-state index in [2.05, 4.69) is 39.1 Å². The number of hydrogen-bond donors (Lipinski definition) is 1. The molecule has 1 aliphatic carbocycles. The van der Waals surface area contributed by atoms with Gasteiger partial charge >= 0.3 is 0 Å². The number of aromatic nitrogens is 1. The largest absolute Gasteiger partial charge is 0.325 e. The van der Waals surface area contributed by atoms with Gasteiger partial charge in [-0.1, -0.05) is 12.1 Å². The minimum atomic E-state index is 0.508. The van der Waals surface area contributed by atoms with Crippen LogP contribution < -0.4 is 5.73 Å². The number of fused-ring (bicyclic) bond motifs is 1. The summed E-state index contributed by atoms with van der Waals surface area (Å²) in [6, 6.07) is 6.81. The maximum absolute atomic E-state index is 5.65. The van der Waals surface area contributed by atoms with E-state index in [1.54, 1.807) is 11.3 Å². The van der Waals surface area contributed by atoms with Crippen LogP contribution in [0.15, 0.2) is 22.8 Å². The molecular weight excluding hydrogens is 308 g/mol. The highest BCUT2D eigenvalue weighted by molar-refractivity contribution is 9.10. The highest BCUT2D eigenvalue weighted by Crippen LogP contribution is 2.35. The maximum atomic E-state index is 5.65. The monoisotopic (exact) mass is 322 g/mol. The normalized spacial score (nSPS) is 14.6. The van der Waals surface area contributed by atoms with Crippen molar-refractivity contribution >= 4 is 27.3 Å². The maximum Gasteiger partial charge on any atom is 0.125 e. The van der Waals surface area contributed by atoms with Gasteiger partial charge in [0.15, 0.2) is 0 Å². The summed E-state index contributed by atoms with van der Waals surface area (Å²) >= 11 is 5.21. The van der Waals surface area contributed by atoms with Crippen LogP contribution >= 0.6 is 27.3 Å². The highest BCUT2D eigenvalue weighted by atomic mass is 79.9. The lowest BCUT2D eigenvalue weighted by molar-refractivity contribution is 0.686. The Morgan fingerprint density at radius 2 is 2.00 bits per heavy atom. The van der Waals surface area contributed by atoms with Crippen LogP contribution in [0.4, 0.5) is 0 Å². The van der Waals surface area contributed by atoms with Gasteiger partial charge in [-0.3, -0.25) is 0 Å². The van der Waals surface area contributed by atoms with Gasteiger partial charge in [-0.2, -0.15) is 0 Å². The van der Waals surface area contributed by atoms with Crippen LogP contribution in [0, 0.1) is 0 Å². The lowest BCUT2D eigenvalue weighted by atomic mass is 9.90. The van der Waals surface area contributed by atoms with Gasteiger partial charge in [-0.25, -0.2) is 4.98 Å². The molecule has 18 heavy (non-hydrogen) atoms. The van der Waals surface area contributed by atoms with E-state index in [9.17, 15) is 0 Å². The third-order valence-corrected chi connectivity index (χ3v) is 5.38. The lowest BCUT2D eigenvalue weighted by Crippen LogP contribution is -2.02. The molecule has 1 heterocycles. The fourth-order valence-corrected chi connectivity index (χ4v) is 4.12. The van der Waals surface area contributed by atoms with Crippen molar-refractivity contribution in [3.05, 3.63) is 38.9 Å². The van der Waals surface area contributed by atoms with Crippen molar-refractivity contribution in [3.8, 4) is 10.4 Å². The van der Waals surface area contributed by atoms with E-state index < -0.39 is 0 Å². The van der Waals surface area contributed by atoms with Gasteiger partial charge in [0.25, 0.3) is 0 Å². The summed E-state index contributed by atoms with van der Waals surface area (Å²) in [5.74, 6) is 0. The Morgan fingerprint density at radius 3 is 2.72 bits per heavy atom. The molecule has 2 N–H and O–H groups in total. The van der Waals surface area contributed by atoms with Crippen LogP contribution in [0.5, 0.6) is 0 Å². The number of nitrogens with zero attached hydrogens (tertiary/aromatic N) is 1. The molecule has 0 unspecified atom stereocenters. The Labute approximate surface area is 119 Å². The zero-order valence-corrected chi connectivity index (χ0v) is 12.5. The molecule has 0 saturated heterocycles. The topological polar surface area (TPSA) is 38.9 Å². The van der Waals surface area contributed by atoms with Gasteiger partial charge in [0, 0.05) is 6.54 Å². The van der Waals surface area contributed by atoms with Crippen molar-refractivity contribution in [2.75, 3.05) is 0 Å². The predicted molar refractivity (Wildman–Crippen MR) is 79.8 cm³/mol. The molecule has 1 aromatic carbocycles. The molecule has 0 aliphatic heterocycles. The second kappa shape index (κ2) is 5.11. The summed E-state index contributed by atoms with van der Waals surface area (Å²) in [6.45, 7) is 0.508. The molecule has 0 fully saturated rings. The number of halogens is 1. The van der Waals surface area contributed by atoms with Crippen molar-refractivity contribution < 1.29 is 0 Å². The zero-order valence-electron chi connectivity index (χ0n) is 10.1. The van der Waals surface area contributed by atoms with E-state index >= 15 is 0 Å². The van der Waals surface area contributed by atoms with Crippen molar-refractivity contribution in [2.45, 2.75) is 32.2 Å². The third-order valence-electron chi connectivity index (χ3n) is 3.42. The van der Waals surface area contributed by atoms with Crippen LogP contribution in [-0.2, 0) is 19.4 Å².